The summed E-state index contributed by atoms with van der Waals surface area (Å²) in [7, 11) is 3.22. The average Bonchev–Trinajstić information content (AvgIpc) is 2.22. The molecule has 6 nitrogen and oxygen atoms in total. The van der Waals surface area contributed by atoms with Crippen LogP contribution in [0.4, 0.5) is 0 Å². The summed E-state index contributed by atoms with van der Waals surface area (Å²) < 4.78 is 0. The van der Waals surface area contributed by atoms with Crippen LogP contribution in [0.2, 0.25) is 0 Å². The largest absolute Gasteiger partial charge is 0.516 e. The Kier molecular flexibility index (Phi) is 4.94. The summed E-state index contributed by atoms with van der Waals surface area (Å²) in [4.78, 5) is 2.78. The molecule has 0 aliphatic heterocycles. The fraction of sp³-hybridized carbons (Fsp3) is 0.333. The number of aliphatic hydroxyl groups is 1. The van der Waals surface area contributed by atoms with E-state index in [1.54, 1.807) is 24.9 Å². The minimum atomic E-state index is -0.197. The normalized spacial score (nSPS) is 11.5. The molecule has 0 saturated carbocycles. The minimum absolute atomic E-state index is 0.0857. The van der Waals surface area contributed by atoms with Crippen molar-refractivity contribution >= 4 is 11.9 Å². The summed E-state index contributed by atoms with van der Waals surface area (Å²) in [5.41, 5.74) is 5.99. The lowest BCUT2D eigenvalue weighted by atomic mass is 10.4. The topological polar surface area (TPSA) is 100 Å². The van der Waals surface area contributed by atoms with Gasteiger partial charge in [-0.25, -0.2) is 0 Å². The SMILES string of the molecule is C/C(=C\C=C/O)N(C)C(=N)N(C)C(=N)N. The van der Waals surface area contributed by atoms with Gasteiger partial charge < -0.3 is 15.7 Å². The van der Waals surface area contributed by atoms with Gasteiger partial charge in [0.2, 0.25) is 5.96 Å². The van der Waals surface area contributed by atoms with Crippen LogP contribution in [0, 0.1) is 10.8 Å². The van der Waals surface area contributed by atoms with Crippen molar-refractivity contribution in [1.82, 2.24) is 9.80 Å². The molecule has 0 aromatic carbocycles. The van der Waals surface area contributed by atoms with E-state index in [9.17, 15) is 0 Å². The molecule has 0 aliphatic carbocycles. The number of aliphatic hydroxyl groups excluding tert-OH is 1. The predicted octanol–water partition coefficient (Wildman–Crippen LogP) is 0.654. The molecular weight excluding hydrogens is 194 g/mol. The molecule has 0 bridgehead atoms. The van der Waals surface area contributed by atoms with Crippen LogP contribution in [0.1, 0.15) is 6.92 Å². The van der Waals surface area contributed by atoms with Crippen molar-refractivity contribution in [2.45, 2.75) is 6.92 Å². The molecule has 84 valence electrons. The van der Waals surface area contributed by atoms with Crippen molar-refractivity contribution in [3.8, 4) is 0 Å². The lowest BCUT2D eigenvalue weighted by Gasteiger charge is -2.26. The molecule has 0 saturated heterocycles. The Balaban J connectivity index is 4.64. The van der Waals surface area contributed by atoms with E-state index < -0.39 is 0 Å². The van der Waals surface area contributed by atoms with E-state index in [2.05, 4.69) is 0 Å². The molecule has 0 atom stereocenters. The number of hydrogen-bond donors (Lipinski definition) is 4. The van der Waals surface area contributed by atoms with Crippen LogP contribution >= 0.6 is 0 Å². The summed E-state index contributed by atoms with van der Waals surface area (Å²) in [5.74, 6) is -0.111. The zero-order valence-corrected chi connectivity index (χ0v) is 9.15. The second-order valence-electron chi connectivity index (χ2n) is 2.98. The van der Waals surface area contributed by atoms with Gasteiger partial charge in [-0.2, -0.15) is 0 Å². The number of guanidine groups is 2. The summed E-state index contributed by atoms with van der Waals surface area (Å²) in [6, 6.07) is 0. The van der Waals surface area contributed by atoms with E-state index in [1.165, 1.54) is 18.0 Å². The van der Waals surface area contributed by atoms with Gasteiger partial charge in [0.15, 0.2) is 5.96 Å². The minimum Gasteiger partial charge on any atom is -0.516 e. The van der Waals surface area contributed by atoms with Crippen molar-refractivity contribution < 1.29 is 5.11 Å². The number of nitrogens with zero attached hydrogens (tertiary/aromatic N) is 2. The maximum Gasteiger partial charge on any atom is 0.204 e. The van der Waals surface area contributed by atoms with Crippen LogP contribution in [0.25, 0.3) is 0 Å². The van der Waals surface area contributed by atoms with Crippen LogP contribution in [0.3, 0.4) is 0 Å². The lowest BCUT2D eigenvalue weighted by molar-refractivity contribution is 0.473. The molecule has 0 radical (unpaired) electrons. The number of allylic oxidation sites excluding steroid dienone is 3. The van der Waals surface area contributed by atoms with Gasteiger partial charge in [-0.1, -0.05) is 0 Å². The van der Waals surface area contributed by atoms with Gasteiger partial charge in [0, 0.05) is 19.8 Å². The van der Waals surface area contributed by atoms with Gasteiger partial charge in [0.1, 0.15) is 0 Å². The number of nitrogens with two attached hydrogens (primary N) is 1. The third-order valence-corrected chi connectivity index (χ3v) is 1.95. The van der Waals surface area contributed by atoms with Crippen LogP contribution in [-0.2, 0) is 0 Å². The Morgan fingerprint density at radius 2 is 1.80 bits per heavy atom. The second-order valence-corrected chi connectivity index (χ2v) is 2.98. The predicted molar refractivity (Wildman–Crippen MR) is 60.7 cm³/mol. The molecule has 15 heavy (non-hydrogen) atoms. The fourth-order valence-corrected chi connectivity index (χ4v) is 0.800. The summed E-state index contributed by atoms with van der Waals surface area (Å²) >= 11 is 0. The summed E-state index contributed by atoms with van der Waals surface area (Å²) in [6.07, 6.45) is 4.01. The monoisotopic (exact) mass is 211 g/mol. The quantitative estimate of drug-likeness (QED) is 0.233. The molecule has 5 N–H and O–H groups in total. The molecule has 0 aliphatic rings. The summed E-state index contributed by atoms with van der Waals surface area (Å²) in [6.45, 7) is 1.78. The molecule has 0 unspecified atom stereocenters. The molecule has 0 aromatic heterocycles. The molecule has 0 rings (SSSR count). The van der Waals surface area contributed by atoms with Gasteiger partial charge in [-0.05, 0) is 19.1 Å². The smallest absolute Gasteiger partial charge is 0.204 e. The molecule has 0 amide bonds. The van der Waals surface area contributed by atoms with Gasteiger partial charge in [-0.3, -0.25) is 15.7 Å². The Bertz CT molecular complexity index is 308. The summed E-state index contributed by atoms with van der Waals surface area (Å²) in [5, 5.41) is 23.3. The first-order valence-corrected chi connectivity index (χ1v) is 4.29. The van der Waals surface area contributed by atoms with Crippen molar-refractivity contribution in [3.63, 3.8) is 0 Å². The lowest BCUT2D eigenvalue weighted by Crippen LogP contribution is -2.44. The van der Waals surface area contributed by atoms with Crippen molar-refractivity contribution in [2.75, 3.05) is 14.1 Å². The Hall–Kier alpha value is -1.98. The highest BCUT2D eigenvalue weighted by molar-refractivity contribution is 5.95. The van der Waals surface area contributed by atoms with Crippen LogP contribution in [-0.4, -0.2) is 40.9 Å². The molecule has 6 heteroatoms. The van der Waals surface area contributed by atoms with Crippen molar-refractivity contribution in [1.29, 1.82) is 10.8 Å². The highest BCUT2D eigenvalue weighted by atomic mass is 16.2. The van der Waals surface area contributed by atoms with Crippen LogP contribution in [0.15, 0.2) is 24.1 Å². The molecule has 0 aromatic rings. The first-order chi connectivity index (χ1) is 6.91. The highest BCUT2D eigenvalue weighted by Crippen LogP contribution is 2.02. The molecular formula is C9H17N5O. The Morgan fingerprint density at radius 1 is 1.27 bits per heavy atom. The Morgan fingerprint density at radius 3 is 2.20 bits per heavy atom. The second kappa shape index (κ2) is 5.69. The maximum atomic E-state index is 8.47. The van der Waals surface area contributed by atoms with E-state index >= 15 is 0 Å². The van der Waals surface area contributed by atoms with Gasteiger partial charge in [0.05, 0.1) is 6.26 Å². The van der Waals surface area contributed by atoms with Gasteiger partial charge in [0.25, 0.3) is 0 Å². The van der Waals surface area contributed by atoms with Gasteiger partial charge >= 0.3 is 0 Å². The first kappa shape index (κ1) is 13.0. The van der Waals surface area contributed by atoms with E-state index in [0.29, 0.717) is 0 Å². The van der Waals surface area contributed by atoms with E-state index in [4.69, 9.17) is 21.7 Å². The number of nitrogens with one attached hydrogen (secondary N) is 2. The average molecular weight is 211 g/mol. The maximum absolute atomic E-state index is 8.47. The third-order valence-electron chi connectivity index (χ3n) is 1.95. The third kappa shape index (κ3) is 3.72. The first-order valence-electron chi connectivity index (χ1n) is 4.29. The molecule has 0 fully saturated rings. The number of hydrogen-bond acceptors (Lipinski definition) is 3. The fourth-order valence-electron chi connectivity index (χ4n) is 0.800. The van der Waals surface area contributed by atoms with Crippen LogP contribution < -0.4 is 5.73 Å². The zero-order chi connectivity index (χ0) is 12.0. The molecule has 0 heterocycles. The van der Waals surface area contributed by atoms with Crippen molar-refractivity contribution in [2.24, 2.45) is 5.73 Å². The highest BCUT2D eigenvalue weighted by Gasteiger charge is 2.12. The van der Waals surface area contributed by atoms with Crippen molar-refractivity contribution in [3.05, 3.63) is 24.1 Å². The standard InChI is InChI=1S/C9H17N5O/c1-7(5-4-6-15)13(2)9(12)14(3)8(10)11/h4-6,12,15H,1-3H3,(H3,10,11)/b6-4-,7-5+,12-9?. The Labute approximate surface area is 89.3 Å². The van der Waals surface area contributed by atoms with E-state index in [-0.39, 0.29) is 11.9 Å². The molecule has 0 spiro atoms. The van der Waals surface area contributed by atoms with E-state index in [1.807, 2.05) is 0 Å². The zero-order valence-electron chi connectivity index (χ0n) is 9.15. The van der Waals surface area contributed by atoms with Gasteiger partial charge in [-0.15, -0.1) is 0 Å². The number of rotatable bonds is 2. The van der Waals surface area contributed by atoms with E-state index in [0.717, 1.165) is 12.0 Å². The van der Waals surface area contributed by atoms with Crippen LogP contribution in [0.5, 0.6) is 0 Å².